The van der Waals surface area contributed by atoms with Gasteiger partial charge in [0.25, 0.3) is 0 Å². The van der Waals surface area contributed by atoms with Gasteiger partial charge in [-0.1, -0.05) is 26.3 Å². The zero-order chi connectivity index (χ0) is 10.6. The van der Waals surface area contributed by atoms with Gasteiger partial charge in [-0.2, -0.15) is 0 Å². The molecule has 0 N–H and O–H groups in total. The monoisotopic (exact) mass is 198 g/mol. The van der Waals surface area contributed by atoms with Crippen molar-refractivity contribution in [2.45, 2.75) is 51.2 Å². The average Bonchev–Trinajstić information content (AvgIpc) is 2.92. The Bertz CT molecular complexity index is 194. The Labute approximate surface area is 87.3 Å². The first-order chi connectivity index (χ1) is 6.62. The topological polar surface area (TPSA) is 21.8 Å². The van der Waals surface area contributed by atoms with Crippen LogP contribution in [0.25, 0.3) is 0 Å². The van der Waals surface area contributed by atoms with Crippen molar-refractivity contribution >= 4 is 0 Å². The molecule has 0 aliphatic carbocycles. The summed E-state index contributed by atoms with van der Waals surface area (Å²) in [5.41, 5.74) is 1.14. The second kappa shape index (κ2) is 4.94. The zero-order valence-electron chi connectivity index (χ0n) is 9.64. The summed E-state index contributed by atoms with van der Waals surface area (Å²) >= 11 is 0. The summed E-state index contributed by atoms with van der Waals surface area (Å²) in [6, 6.07) is 0. The van der Waals surface area contributed by atoms with E-state index in [2.05, 4.69) is 20.4 Å². The fraction of sp³-hybridized carbons (Fsp3) is 0.833. The maximum atomic E-state index is 5.43. The Balaban J connectivity index is 2.28. The molecular formula is C12H22O2. The summed E-state index contributed by atoms with van der Waals surface area (Å²) < 4.78 is 10.8. The number of rotatable bonds is 7. The van der Waals surface area contributed by atoms with Crippen LogP contribution in [-0.4, -0.2) is 25.4 Å². The van der Waals surface area contributed by atoms with E-state index in [1.807, 2.05) is 0 Å². The highest BCUT2D eigenvalue weighted by molar-refractivity contribution is 5.18. The Morgan fingerprint density at radius 3 is 2.71 bits per heavy atom. The SMILES string of the molecule is C=C(CC(CCCC)OC)C1(C)CO1. The van der Waals surface area contributed by atoms with E-state index in [1.54, 1.807) is 7.11 Å². The van der Waals surface area contributed by atoms with Crippen LogP contribution in [0.3, 0.4) is 0 Å². The lowest BCUT2D eigenvalue weighted by Crippen LogP contribution is -2.17. The van der Waals surface area contributed by atoms with Gasteiger partial charge in [-0.15, -0.1) is 0 Å². The first-order valence-electron chi connectivity index (χ1n) is 5.47. The lowest BCUT2D eigenvalue weighted by atomic mass is 9.96. The van der Waals surface area contributed by atoms with Crippen LogP contribution >= 0.6 is 0 Å². The lowest BCUT2D eigenvalue weighted by molar-refractivity contribution is 0.0906. The quantitative estimate of drug-likeness (QED) is 0.463. The molecule has 0 amide bonds. The zero-order valence-corrected chi connectivity index (χ0v) is 9.64. The van der Waals surface area contributed by atoms with Gasteiger partial charge in [0.15, 0.2) is 0 Å². The molecule has 0 saturated carbocycles. The van der Waals surface area contributed by atoms with Crippen LogP contribution in [-0.2, 0) is 9.47 Å². The Morgan fingerprint density at radius 1 is 1.64 bits per heavy atom. The third-order valence-electron chi connectivity index (χ3n) is 3.01. The molecule has 14 heavy (non-hydrogen) atoms. The van der Waals surface area contributed by atoms with E-state index >= 15 is 0 Å². The molecule has 1 aliphatic heterocycles. The molecule has 2 heteroatoms. The highest BCUT2D eigenvalue weighted by Crippen LogP contribution is 2.36. The summed E-state index contributed by atoms with van der Waals surface area (Å²) in [6.45, 7) is 9.21. The Kier molecular flexibility index (Phi) is 4.14. The molecule has 0 aromatic rings. The van der Waals surface area contributed by atoms with E-state index in [4.69, 9.17) is 9.47 Å². The number of hydrogen-bond acceptors (Lipinski definition) is 2. The third kappa shape index (κ3) is 3.10. The molecule has 0 aromatic carbocycles. The lowest BCUT2D eigenvalue weighted by Gasteiger charge is -2.18. The molecule has 0 aromatic heterocycles. The summed E-state index contributed by atoms with van der Waals surface area (Å²) in [5.74, 6) is 0. The fourth-order valence-corrected chi connectivity index (χ4v) is 1.54. The van der Waals surface area contributed by atoms with Crippen LogP contribution < -0.4 is 0 Å². The highest BCUT2D eigenvalue weighted by atomic mass is 16.6. The summed E-state index contributed by atoms with van der Waals surface area (Å²) in [5, 5.41) is 0. The molecule has 82 valence electrons. The highest BCUT2D eigenvalue weighted by Gasteiger charge is 2.42. The Morgan fingerprint density at radius 2 is 2.29 bits per heavy atom. The minimum atomic E-state index is -0.0387. The van der Waals surface area contributed by atoms with Crippen LogP contribution in [0.15, 0.2) is 12.2 Å². The fourth-order valence-electron chi connectivity index (χ4n) is 1.54. The number of hydrogen-bond donors (Lipinski definition) is 0. The number of epoxide rings is 1. The second-order valence-electron chi connectivity index (χ2n) is 4.33. The van der Waals surface area contributed by atoms with Gasteiger partial charge in [0.05, 0.1) is 12.7 Å². The van der Waals surface area contributed by atoms with Crippen LogP contribution in [0.4, 0.5) is 0 Å². The first kappa shape index (κ1) is 11.7. The predicted octanol–water partition coefficient (Wildman–Crippen LogP) is 2.93. The maximum Gasteiger partial charge on any atom is 0.110 e. The molecule has 1 rings (SSSR count). The summed E-state index contributed by atoms with van der Waals surface area (Å²) in [7, 11) is 1.78. The van der Waals surface area contributed by atoms with Crippen molar-refractivity contribution in [3.8, 4) is 0 Å². The van der Waals surface area contributed by atoms with Crippen molar-refractivity contribution in [2.24, 2.45) is 0 Å². The van der Waals surface area contributed by atoms with E-state index in [0.29, 0.717) is 6.10 Å². The number of ether oxygens (including phenoxy) is 2. The van der Waals surface area contributed by atoms with Gasteiger partial charge in [0.1, 0.15) is 5.60 Å². The van der Waals surface area contributed by atoms with Crippen molar-refractivity contribution in [1.29, 1.82) is 0 Å². The van der Waals surface area contributed by atoms with Gasteiger partial charge in [-0.25, -0.2) is 0 Å². The van der Waals surface area contributed by atoms with Crippen molar-refractivity contribution in [3.05, 3.63) is 12.2 Å². The average molecular weight is 198 g/mol. The van der Waals surface area contributed by atoms with Gasteiger partial charge >= 0.3 is 0 Å². The van der Waals surface area contributed by atoms with Crippen molar-refractivity contribution in [2.75, 3.05) is 13.7 Å². The van der Waals surface area contributed by atoms with Gasteiger partial charge < -0.3 is 9.47 Å². The van der Waals surface area contributed by atoms with Crippen molar-refractivity contribution < 1.29 is 9.47 Å². The molecule has 2 unspecified atom stereocenters. The smallest absolute Gasteiger partial charge is 0.110 e. The standard InChI is InChI=1S/C12H22O2/c1-5-6-7-11(13-4)8-10(2)12(3)9-14-12/h11H,2,5-9H2,1,3-4H3. The van der Waals surface area contributed by atoms with Crippen LogP contribution in [0, 0.1) is 0 Å². The molecule has 2 nitrogen and oxygen atoms in total. The summed E-state index contributed by atoms with van der Waals surface area (Å²) in [6.07, 6.45) is 4.84. The van der Waals surface area contributed by atoms with E-state index in [9.17, 15) is 0 Å². The minimum Gasteiger partial charge on any atom is -0.381 e. The predicted molar refractivity (Wildman–Crippen MR) is 58.4 cm³/mol. The Hall–Kier alpha value is -0.340. The molecule has 1 aliphatic rings. The second-order valence-corrected chi connectivity index (χ2v) is 4.33. The normalized spacial score (nSPS) is 27.4. The first-order valence-corrected chi connectivity index (χ1v) is 5.47. The number of methoxy groups -OCH3 is 1. The molecule has 2 atom stereocenters. The minimum absolute atomic E-state index is 0.0387. The van der Waals surface area contributed by atoms with Gasteiger partial charge in [0, 0.05) is 7.11 Å². The molecule has 1 heterocycles. The molecule has 0 radical (unpaired) electrons. The molecule has 0 spiro atoms. The summed E-state index contributed by atoms with van der Waals surface area (Å²) in [4.78, 5) is 0. The van der Waals surface area contributed by atoms with Crippen LogP contribution in [0.1, 0.15) is 39.5 Å². The molecule has 1 saturated heterocycles. The van der Waals surface area contributed by atoms with E-state index < -0.39 is 0 Å². The van der Waals surface area contributed by atoms with Crippen LogP contribution in [0.2, 0.25) is 0 Å². The third-order valence-corrected chi connectivity index (χ3v) is 3.01. The molecular weight excluding hydrogens is 176 g/mol. The molecule has 1 fully saturated rings. The van der Waals surface area contributed by atoms with Crippen molar-refractivity contribution in [3.63, 3.8) is 0 Å². The van der Waals surface area contributed by atoms with Gasteiger partial charge in [-0.3, -0.25) is 0 Å². The largest absolute Gasteiger partial charge is 0.381 e. The molecule has 0 bridgehead atoms. The van der Waals surface area contributed by atoms with Crippen LogP contribution in [0.5, 0.6) is 0 Å². The van der Waals surface area contributed by atoms with E-state index in [0.717, 1.165) is 19.4 Å². The maximum absolute atomic E-state index is 5.43. The van der Waals surface area contributed by atoms with E-state index in [1.165, 1.54) is 18.4 Å². The van der Waals surface area contributed by atoms with E-state index in [-0.39, 0.29) is 5.60 Å². The van der Waals surface area contributed by atoms with Gasteiger partial charge in [-0.05, 0) is 25.3 Å². The van der Waals surface area contributed by atoms with Gasteiger partial charge in [0.2, 0.25) is 0 Å². The number of unbranched alkanes of at least 4 members (excludes halogenated alkanes) is 1. The van der Waals surface area contributed by atoms with Crippen molar-refractivity contribution in [1.82, 2.24) is 0 Å².